The summed E-state index contributed by atoms with van der Waals surface area (Å²) in [5.74, 6) is -0.738. The van der Waals surface area contributed by atoms with Crippen LogP contribution in [0.25, 0.3) is 20.8 Å². The van der Waals surface area contributed by atoms with Crippen molar-refractivity contribution in [1.82, 2.24) is 9.88 Å². The van der Waals surface area contributed by atoms with Gasteiger partial charge in [-0.1, -0.05) is 19.1 Å². The van der Waals surface area contributed by atoms with Gasteiger partial charge in [0.05, 0.1) is 28.9 Å². The second kappa shape index (κ2) is 9.71. The van der Waals surface area contributed by atoms with Gasteiger partial charge in [-0.05, 0) is 66.8 Å². The van der Waals surface area contributed by atoms with Crippen LogP contribution >= 0.6 is 22.7 Å². The first-order valence-electron chi connectivity index (χ1n) is 11.6. The van der Waals surface area contributed by atoms with E-state index < -0.39 is 6.04 Å². The fraction of sp³-hybridized carbons (Fsp3) is 0.259. The van der Waals surface area contributed by atoms with Gasteiger partial charge in [-0.25, -0.2) is 9.88 Å². The van der Waals surface area contributed by atoms with Crippen molar-refractivity contribution >= 4 is 56.3 Å². The Morgan fingerprint density at radius 2 is 1.94 bits per heavy atom. The van der Waals surface area contributed by atoms with E-state index in [0.29, 0.717) is 25.1 Å². The summed E-state index contributed by atoms with van der Waals surface area (Å²) in [7, 11) is 0. The fourth-order valence-corrected chi connectivity index (χ4v) is 6.11. The highest BCUT2D eigenvalue weighted by Gasteiger charge is 2.44. The topological polar surface area (TPSA) is 70.6 Å². The zero-order chi connectivity index (χ0) is 24.5. The van der Waals surface area contributed by atoms with E-state index in [0.717, 1.165) is 25.7 Å². The SMILES string of the molecule is CCCC(=O)N(Cc1cccs1)C1CC(=O)N(c2ccc(-c3nc4ccc(C)cc4s3)cc2)C1=O. The monoisotopic (exact) mass is 503 g/mol. The lowest BCUT2D eigenvalue weighted by Crippen LogP contribution is -2.44. The molecule has 8 heteroatoms. The van der Waals surface area contributed by atoms with Gasteiger partial charge in [-0.2, -0.15) is 0 Å². The molecular weight excluding hydrogens is 478 g/mol. The number of aryl methyl sites for hydroxylation is 1. The molecule has 1 atom stereocenters. The molecule has 0 N–H and O–H groups in total. The van der Waals surface area contributed by atoms with Crippen LogP contribution in [0.1, 0.15) is 36.6 Å². The van der Waals surface area contributed by atoms with E-state index in [2.05, 4.69) is 13.0 Å². The molecule has 4 aromatic rings. The maximum atomic E-state index is 13.4. The van der Waals surface area contributed by atoms with Crippen molar-refractivity contribution in [3.8, 4) is 10.6 Å². The number of thiophene rings is 1. The van der Waals surface area contributed by atoms with Crippen molar-refractivity contribution in [2.24, 2.45) is 0 Å². The molecule has 0 aliphatic carbocycles. The van der Waals surface area contributed by atoms with Gasteiger partial charge in [0, 0.05) is 16.9 Å². The van der Waals surface area contributed by atoms with E-state index in [4.69, 9.17) is 4.98 Å². The number of carbonyl (C=O) groups excluding carboxylic acids is 3. The average Bonchev–Trinajstić information content (AvgIpc) is 3.57. The molecule has 3 amide bonds. The first-order chi connectivity index (χ1) is 16.9. The minimum atomic E-state index is -0.782. The lowest BCUT2D eigenvalue weighted by atomic mass is 10.1. The third-order valence-corrected chi connectivity index (χ3v) is 8.03. The van der Waals surface area contributed by atoms with Crippen molar-refractivity contribution in [2.45, 2.75) is 45.7 Å². The number of benzene rings is 2. The van der Waals surface area contributed by atoms with Crippen molar-refractivity contribution in [3.63, 3.8) is 0 Å². The highest BCUT2D eigenvalue weighted by Crippen LogP contribution is 2.33. The summed E-state index contributed by atoms with van der Waals surface area (Å²) in [5.41, 5.74) is 3.59. The lowest BCUT2D eigenvalue weighted by molar-refractivity contribution is -0.139. The molecule has 1 fully saturated rings. The Bertz CT molecular complexity index is 1390. The van der Waals surface area contributed by atoms with Crippen molar-refractivity contribution in [1.29, 1.82) is 0 Å². The Morgan fingerprint density at radius 1 is 1.14 bits per heavy atom. The van der Waals surface area contributed by atoms with E-state index in [1.54, 1.807) is 28.4 Å². The predicted octanol–water partition coefficient (Wildman–Crippen LogP) is 5.79. The highest BCUT2D eigenvalue weighted by molar-refractivity contribution is 7.21. The fourth-order valence-electron chi connectivity index (χ4n) is 4.34. The molecule has 0 spiro atoms. The Morgan fingerprint density at radius 3 is 2.66 bits per heavy atom. The second-order valence-electron chi connectivity index (χ2n) is 8.68. The molecule has 0 saturated carbocycles. The van der Waals surface area contributed by atoms with E-state index >= 15 is 0 Å². The normalized spacial score (nSPS) is 15.8. The molecule has 1 saturated heterocycles. The van der Waals surface area contributed by atoms with Gasteiger partial charge in [0.1, 0.15) is 11.0 Å². The molecule has 35 heavy (non-hydrogen) atoms. The Labute approximate surface area is 211 Å². The Kier molecular flexibility index (Phi) is 6.49. The van der Waals surface area contributed by atoms with Gasteiger partial charge in [0.25, 0.3) is 5.91 Å². The molecule has 0 radical (unpaired) electrons. The molecule has 1 aliphatic heterocycles. The number of hydrogen-bond donors (Lipinski definition) is 0. The summed E-state index contributed by atoms with van der Waals surface area (Å²) in [4.78, 5) is 47.7. The number of carbonyl (C=O) groups is 3. The summed E-state index contributed by atoms with van der Waals surface area (Å²) < 4.78 is 1.12. The second-order valence-corrected chi connectivity index (χ2v) is 10.7. The molecule has 178 valence electrons. The van der Waals surface area contributed by atoms with Crippen LogP contribution in [-0.4, -0.2) is 33.6 Å². The van der Waals surface area contributed by atoms with Crippen molar-refractivity contribution in [2.75, 3.05) is 4.90 Å². The van der Waals surface area contributed by atoms with E-state index in [1.165, 1.54) is 21.8 Å². The zero-order valence-corrected chi connectivity index (χ0v) is 21.2. The van der Waals surface area contributed by atoms with Crippen LogP contribution in [0.15, 0.2) is 60.0 Å². The average molecular weight is 504 g/mol. The number of thiazole rings is 1. The van der Waals surface area contributed by atoms with Gasteiger partial charge in [0.15, 0.2) is 0 Å². The molecule has 0 bridgehead atoms. The van der Waals surface area contributed by atoms with Gasteiger partial charge in [-0.15, -0.1) is 22.7 Å². The maximum absolute atomic E-state index is 13.4. The number of rotatable bonds is 7. The molecule has 1 unspecified atom stereocenters. The van der Waals surface area contributed by atoms with E-state index in [-0.39, 0.29) is 24.1 Å². The summed E-state index contributed by atoms with van der Waals surface area (Å²) in [6.07, 6.45) is 1.03. The zero-order valence-electron chi connectivity index (χ0n) is 19.6. The summed E-state index contributed by atoms with van der Waals surface area (Å²) in [6, 6.07) is 16.6. The van der Waals surface area contributed by atoms with Crippen LogP contribution in [0.5, 0.6) is 0 Å². The number of anilines is 1. The minimum Gasteiger partial charge on any atom is -0.325 e. The number of hydrogen-bond acceptors (Lipinski definition) is 6. The predicted molar refractivity (Wildman–Crippen MR) is 140 cm³/mol. The van der Waals surface area contributed by atoms with Crippen LogP contribution in [0.3, 0.4) is 0 Å². The number of fused-ring (bicyclic) bond motifs is 1. The molecule has 5 rings (SSSR count). The van der Waals surface area contributed by atoms with Crippen molar-refractivity contribution in [3.05, 3.63) is 70.4 Å². The van der Waals surface area contributed by atoms with Gasteiger partial charge < -0.3 is 4.90 Å². The van der Waals surface area contributed by atoms with E-state index in [1.807, 2.05) is 48.7 Å². The molecular formula is C27H25N3O3S2. The first kappa shape index (κ1) is 23.4. The largest absolute Gasteiger partial charge is 0.325 e. The number of nitrogens with zero attached hydrogens (tertiary/aromatic N) is 3. The number of amides is 3. The third-order valence-electron chi connectivity index (χ3n) is 6.11. The van der Waals surface area contributed by atoms with Gasteiger partial charge >= 0.3 is 0 Å². The van der Waals surface area contributed by atoms with Crippen LogP contribution in [0, 0.1) is 6.92 Å². The standard InChI is InChI=1S/C27H25N3O3S2/c1-3-5-24(31)29(16-20-6-4-13-34-20)22-15-25(32)30(27(22)33)19-10-8-18(9-11-19)26-28-21-12-7-17(2)14-23(21)35-26/h4,6-14,22H,3,5,15-16H2,1-2H3. The molecule has 2 aromatic heterocycles. The molecule has 2 aromatic carbocycles. The van der Waals surface area contributed by atoms with Crippen LogP contribution in [0.4, 0.5) is 5.69 Å². The number of imide groups is 1. The molecule has 1 aliphatic rings. The minimum absolute atomic E-state index is 0.00135. The first-order valence-corrected chi connectivity index (χ1v) is 13.3. The lowest BCUT2D eigenvalue weighted by Gasteiger charge is -2.27. The van der Waals surface area contributed by atoms with Crippen LogP contribution < -0.4 is 4.90 Å². The summed E-state index contributed by atoms with van der Waals surface area (Å²) >= 11 is 3.15. The molecule has 3 heterocycles. The summed E-state index contributed by atoms with van der Waals surface area (Å²) in [5, 5.41) is 2.83. The highest BCUT2D eigenvalue weighted by atomic mass is 32.1. The van der Waals surface area contributed by atoms with E-state index in [9.17, 15) is 14.4 Å². The maximum Gasteiger partial charge on any atom is 0.257 e. The Balaban J connectivity index is 1.39. The van der Waals surface area contributed by atoms with Crippen LogP contribution in [-0.2, 0) is 20.9 Å². The smallest absolute Gasteiger partial charge is 0.257 e. The van der Waals surface area contributed by atoms with Gasteiger partial charge in [-0.3, -0.25) is 14.4 Å². The van der Waals surface area contributed by atoms with Crippen molar-refractivity contribution < 1.29 is 14.4 Å². The quantitative estimate of drug-likeness (QED) is 0.299. The third kappa shape index (κ3) is 4.63. The summed E-state index contributed by atoms with van der Waals surface area (Å²) in [6.45, 7) is 4.33. The number of aromatic nitrogens is 1. The Hall–Kier alpha value is -3.36. The van der Waals surface area contributed by atoms with Crippen LogP contribution in [0.2, 0.25) is 0 Å². The molecule has 6 nitrogen and oxygen atoms in total. The van der Waals surface area contributed by atoms with Gasteiger partial charge in [0.2, 0.25) is 11.8 Å².